The lowest BCUT2D eigenvalue weighted by atomic mass is 9.93. The van der Waals surface area contributed by atoms with Crippen LogP contribution in [-0.4, -0.2) is 48.0 Å². The number of likely N-dealkylation sites (tertiary alicyclic amines) is 1. The van der Waals surface area contributed by atoms with Crippen LogP contribution in [0.1, 0.15) is 36.4 Å². The van der Waals surface area contributed by atoms with Crippen molar-refractivity contribution in [3.63, 3.8) is 0 Å². The van der Waals surface area contributed by atoms with Gasteiger partial charge in [0, 0.05) is 37.3 Å². The fourth-order valence-corrected chi connectivity index (χ4v) is 5.11. The van der Waals surface area contributed by atoms with Gasteiger partial charge >= 0.3 is 0 Å². The zero-order chi connectivity index (χ0) is 20.4. The highest BCUT2D eigenvalue weighted by atomic mass is 32.2. The number of piperidine rings is 1. The third kappa shape index (κ3) is 4.34. The van der Waals surface area contributed by atoms with Crippen LogP contribution in [0.2, 0.25) is 0 Å². The number of carbonyl (C=O) groups excluding carboxylic acids is 1. The number of benzene rings is 1. The summed E-state index contributed by atoms with van der Waals surface area (Å²) in [5.41, 5.74) is 4.16. The number of sulfone groups is 1. The van der Waals surface area contributed by atoms with Gasteiger partial charge in [0.25, 0.3) is 0 Å². The van der Waals surface area contributed by atoms with Gasteiger partial charge in [-0.05, 0) is 50.1 Å². The van der Waals surface area contributed by atoms with Gasteiger partial charge in [0.05, 0.1) is 21.7 Å². The Kier molecular flexibility index (Phi) is 5.41. The monoisotopic (exact) mass is 411 g/mol. The number of nitrogens with one attached hydrogen (secondary N) is 1. The molecular formula is C22H25N3O3S. The number of amides is 1. The molecule has 3 aromatic rings. The van der Waals surface area contributed by atoms with E-state index in [1.54, 1.807) is 35.4 Å². The fourth-order valence-electron chi connectivity index (χ4n) is 3.88. The van der Waals surface area contributed by atoms with Crippen molar-refractivity contribution in [3.05, 3.63) is 59.9 Å². The molecule has 1 amide bonds. The van der Waals surface area contributed by atoms with Crippen LogP contribution in [0.15, 0.2) is 53.6 Å². The molecule has 0 bridgehead atoms. The van der Waals surface area contributed by atoms with Crippen LogP contribution < -0.4 is 0 Å². The second kappa shape index (κ2) is 7.99. The van der Waals surface area contributed by atoms with E-state index in [1.165, 1.54) is 0 Å². The molecular weight excluding hydrogens is 386 g/mol. The fraction of sp³-hybridized carbons (Fsp3) is 0.364. The lowest BCUT2D eigenvalue weighted by molar-refractivity contribution is -0.131. The van der Waals surface area contributed by atoms with Crippen LogP contribution in [0.3, 0.4) is 0 Å². The van der Waals surface area contributed by atoms with E-state index in [1.807, 2.05) is 19.1 Å². The van der Waals surface area contributed by atoms with Crippen LogP contribution in [0, 0.1) is 6.92 Å². The van der Waals surface area contributed by atoms with E-state index in [0.29, 0.717) is 19.0 Å². The van der Waals surface area contributed by atoms with Gasteiger partial charge in [0.2, 0.25) is 5.91 Å². The van der Waals surface area contributed by atoms with Crippen LogP contribution in [-0.2, 0) is 14.6 Å². The van der Waals surface area contributed by atoms with Gasteiger partial charge in [-0.2, -0.15) is 0 Å². The molecule has 0 atom stereocenters. The summed E-state index contributed by atoms with van der Waals surface area (Å²) in [6, 6.07) is 12.8. The van der Waals surface area contributed by atoms with E-state index in [2.05, 4.69) is 16.0 Å². The minimum absolute atomic E-state index is 0.0250. The minimum Gasteiger partial charge on any atom is -0.357 e. The smallest absolute Gasteiger partial charge is 0.223 e. The summed E-state index contributed by atoms with van der Waals surface area (Å²) >= 11 is 0. The number of fused-ring (bicyclic) bond motifs is 1. The number of pyridine rings is 1. The predicted molar refractivity (Wildman–Crippen MR) is 112 cm³/mol. The highest BCUT2D eigenvalue weighted by molar-refractivity contribution is 7.91. The third-order valence-electron chi connectivity index (χ3n) is 5.66. The number of H-pyrrole nitrogens is 1. The summed E-state index contributed by atoms with van der Waals surface area (Å²) in [6.45, 7) is 3.21. The minimum atomic E-state index is -3.44. The molecule has 0 spiro atoms. The lowest BCUT2D eigenvalue weighted by Crippen LogP contribution is -2.38. The molecule has 0 aliphatic carbocycles. The average Bonchev–Trinajstić information content (AvgIpc) is 3.17. The number of aromatic nitrogens is 2. The molecule has 152 valence electrons. The van der Waals surface area contributed by atoms with Crippen molar-refractivity contribution >= 4 is 26.8 Å². The maximum atomic E-state index is 12.6. The van der Waals surface area contributed by atoms with Gasteiger partial charge in [0.15, 0.2) is 9.84 Å². The van der Waals surface area contributed by atoms with Gasteiger partial charge in [-0.25, -0.2) is 8.42 Å². The Morgan fingerprint density at radius 2 is 1.90 bits per heavy atom. The summed E-state index contributed by atoms with van der Waals surface area (Å²) < 4.78 is 24.9. The molecule has 6 nitrogen and oxygen atoms in total. The Hall–Kier alpha value is -2.67. The summed E-state index contributed by atoms with van der Waals surface area (Å²) in [4.78, 5) is 22.4. The molecule has 1 N–H and O–H groups in total. The van der Waals surface area contributed by atoms with Crippen molar-refractivity contribution in [2.24, 2.45) is 0 Å². The highest BCUT2D eigenvalue weighted by Gasteiger charge is 2.26. The number of rotatable bonds is 5. The molecule has 3 heterocycles. The van der Waals surface area contributed by atoms with E-state index >= 15 is 0 Å². The first-order valence-electron chi connectivity index (χ1n) is 9.93. The Balaban J connectivity index is 1.32. The average molecular weight is 412 g/mol. The van der Waals surface area contributed by atoms with E-state index < -0.39 is 9.84 Å². The van der Waals surface area contributed by atoms with Crippen molar-refractivity contribution < 1.29 is 13.2 Å². The summed E-state index contributed by atoms with van der Waals surface area (Å²) in [5.74, 6) is 0.129. The number of hydrogen-bond donors (Lipinski definition) is 1. The van der Waals surface area contributed by atoms with Crippen molar-refractivity contribution in [3.8, 4) is 0 Å². The predicted octanol–water partition coefficient (Wildman–Crippen LogP) is 3.44. The van der Waals surface area contributed by atoms with Gasteiger partial charge < -0.3 is 9.88 Å². The SMILES string of the molecule is Cc1ccc(S(=O)(=O)CCC(=O)N2CCC(c3cc4ncccc4[nH]3)CC2)cc1. The number of aromatic amines is 1. The van der Waals surface area contributed by atoms with Crippen LogP contribution in [0.4, 0.5) is 0 Å². The van der Waals surface area contributed by atoms with Crippen molar-refractivity contribution in [2.45, 2.75) is 37.0 Å². The first kappa shape index (κ1) is 19.6. The van der Waals surface area contributed by atoms with Crippen LogP contribution >= 0.6 is 0 Å². The molecule has 1 saturated heterocycles. The van der Waals surface area contributed by atoms with E-state index in [4.69, 9.17) is 0 Å². The molecule has 0 radical (unpaired) electrons. The van der Waals surface area contributed by atoms with E-state index in [9.17, 15) is 13.2 Å². The maximum absolute atomic E-state index is 12.6. The molecule has 4 rings (SSSR count). The topological polar surface area (TPSA) is 83.1 Å². The second-order valence-electron chi connectivity index (χ2n) is 7.70. The Morgan fingerprint density at radius 1 is 1.17 bits per heavy atom. The van der Waals surface area contributed by atoms with E-state index in [0.717, 1.165) is 35.1 Å². The molecule has 1 fully saturated rings. The zero-order valence-electron chi connectivity index (χ0n) is 16.5. The first-order valence-corrected chi connectivity index (χ1v) is 11.6. The second-order valence-corrected chi connectivity index (χ2v) is 9.81. The van der Waals surface area contributed by atoms with Crippen molar-refractivity contribution in [1.29, 1.82) is 0 Å². The first-order chi connectivity index (χ1) is 13.9. The molecule has 29 heavy (non-hydrogen) atoms. The molecule has 0 saturated carbocycles. The zero-order valence-corrected chi connectivity index (χ0v) is 17.3. The summed E-state index contributed by atoms with van der Waals surface area (Å²) in [6.07, 6.45) is 3.54. The molecule has 7 heteroatoms. The standard InChI is InChI=1S/C22H25N3O3S/c1-16-4-6-18(7-5-16)29(27,28)14-10-22(26)25-12-8-17(9-13-25)20-15-21-19(24-20)3-2-11-23-21/h2-7,11,15,17,24H,8-10,12-14H2,1H3. The Labute approximate surface area is 170 Å². The van der Waals surface area contributed by atoms with Crippen LogP contribution in [0.25, 0.3) is 11.0 Å². The highest BCUT2D eigenvalue weighted by Crippen LogP contribution is 2.29. The quantitative estimate of drug-likeness (QED) is 0.697. The van der Waals surface area contributed by atoms with Gasteiger partial charge in [-0.3, -0.25) is 9.78 Å². The Morgan fingerprint density at radius 3 is 2.59 bits per heavy atom. The molecule has 1 aliphatic rings. The number of hydrogen-bond acceptors (Lipinski definition) is 4. The summed E-state index contributed by atoms with van der Waals surface area (Å²) in [7, 11) is -3.44. The van der Waals surface area contributed by atoms with E-state index in [-0.39, 0.29) is 23.0 Å². The molecule has 0 unspecified atom stereocenters. The van der Waals surface area contributed by atoms with Gasteiger partial charge in [-0.1, -0.05) is 17.7 Å². The van der Waals surface area contributed by atoms with Gasteiger partial charge in [-0.15, -0.1) is 0 Å². The Bertz CT molecular complexity index is 1080. The lowest BCUT2D eigenvalue weighted by Gasteiger charge is -2.31. The number of carbonyl (C=O) groups is 1. The third-order valence-corrected chi connectivity index (χ3v) is 7.39. The number of aryl methyl sites for hydroxylation is 1. The molecule has 2 aromatic heterocycles. The largest absolute Gasteiger partial charge is 0.357 e. The summed E-state index contributed by atoms with van der Waals surface area (Å²) in [5, 5.41) is 0. The van der Waals surface area contributed by atoms with Crippen molar-refractivity contribution in [2.75, 3.05) is 18.8 Å². The van der Waals surface area contributed by atoms with Gasteiger partial charge in [0.1, 0.15) is 0 Å². The van der Waals surface area contributed by atoms with Crippen molar-refractivity contribution in [1.82, 2.24) is 14.9 Å². The normalized spacial score (nSPS) is 15.7. The van der Waals surface area contributed by atoms with Crippen LogP contribution in [0.5, 0.6) is 0 Å². The maximum Gasteiger partial charge on any atom is 0.223 e. The molecule has 1 aromatic carbocycles. The molecule has 1 aliphatic heterocycles. The number of nitrogens with zero attached hydrogens (tertiary/aromatic N) is 2.